The maximum absolute atomic E-state index is 12.8. The van der Waals surface area contributed by atoms with Crippen molar-refractivity contribution in [1.29, 1.82) is 0 Å². The number of amides is 3. The molecule has 1 saturated carbocycles. The fraction of sp³-hybridized carbons (Fsp3) is 0.389. The van der Waals surface area contributed by atoms with Crippen molar-refractivity contribution in [3.63, 3.8) is 0 Å². The summed E-state index contributed by atoms with van der Waals surface area (Å²) >= 11 is 0. The Balaban J connectivity index is 1.67. The van der Waals surface area contributed by atoms with Gasteiger partial charge >= 0.3 is 0 Å². The van der Waals surface area contributed by atoms with Crippen molar-refractivity contribution in [3.05, 3.63) is 35.9 Å². The van der Waals surface area contributed by atoms with Gasteiger partial charge in [0.25, 0.3) is 0 Å². The van der Waals surface area contributed by atoms with Gasteiger partial charge < -0.3 is 5.32 Å². The fourth-order valence-electron chi connectivity index (χ4n) is 4.27. The van der Waals surface area contributed by atoms with Crippen LogP contribution in [0.15, 0.2) is 30.4 Å². The lowest BCUT2D eigenvalue weighted by atomic mass is 9.85. The van der Waals surface area contributed by atoms with Gasteiger partial charge in [-0.25, -0.2) is 0 Å². The van der Waals surface area contributed by atoms with Crippen LogP contribution in [0.25, 0.3) is 0 Å². The third-order valence-corrected chi connectivity index (χ3v) is 5.25. The summed E-state index contributed by atoms with van der Waals surface area (Å²) < 4.78 is 0. The number of nitrogens with zero attached hydrogens (tertiary/aromatic N) is 1. The quantitative estimate of drug-likeness (QED) is 0.673. The zero-order chi connectivity index (χ0) is 16.3. The molecule has 2 bridgehead atoms. The van der Waals surface area contributed by atoms with Crippen molar-refractivity contribution in [2.24, 2.45) is 23.7 Å². The summed E-state index contributed by atoms with van der Waals surface area (Å²) in [5.74, 6) is -0.253. The molecule has 4 atom stereocenters. The number of aryl methyl sites for hydroxylation is 1. The highest BCUT2D eigenvalue weighted by molar-refractivity contribution is 6.22. The molecule has 3 amide bonds. The molecule has 5 nitrogen and oxygen atoms in total. The lowest BCUT2D eigenvalue weighted by Gasteiger charge is -2.19. The summed E-state index contributed by atoms with van der Waals surface area (Å²) in [6.07, 6.45) is 5.11. The molecule has 1 aliphatic heterocycles. The van der Waals surface area contributed by atoms with Crippen LogP contribution in [0, 0.1) is 30.6 Å². The maximum atomic E-state index is 12.8. The van der Waals surface area contributed by atoms with Gasteiger partial charge in [0.2, 0.25) is 17.7 Å². The number of imide groups is 1. The normalized spacial score (nSPS) is 31.0. The Kier molecular flexibility index (Phi) is 2.95. The minimum absolute atomic E-state index is 0.0801. The molecule has 2 aliphatic carbocycles. The second kappa shape index (κ2) is 4.78. The standard InChI is InChI=1S/C18H18N2O3/c1-9-7-13(5-6-14(9)19-10(2)21)20-17(22)15-11-3-4-12(8-11)16(15)18(20)23/h3-7,11-12,15-16H,8H2,1-2H3,(H,19,21)/t11-,12-,15+,16+/m1/s1. The highest BCUT2D eigenvalue weighted by Gasteiger charge is 2.59. The van der Waals surface area contributed by atoms with E-state index in [-0.39, 0.29) is 41.4 Å². The van der Waals surface area contributed by atoms with E-state index in [0.717, 1.165) is 12.0 Å². The van der Waals surface area contributed by atoms with Crippen molar-refractivity contribution < 1.29 is 14.4 Å². The van der Waals surface area contributed by atoms with Gasteiger partial charge in [-0.1, -0.05) is 12.2 Å². The first-order valence-corrected chi connectivity index (χ1v) is 7.92. The van der Waals surface area contributed by atoms with Gasteiger partial charge in [-0.3, -0.25) is 19.3 Å². The lowest BCUT2D eigenvalue weighted by molar-refractivity contribution is -0.123. The van der Waals surface area contributed by atoms with Gasteiger partial charge in [-0.05, 0) is 48.9 Å². The SMILES string of the molecule is CC(=O)Nc1ccc(N2C(=O)[C@@H]3[C@@H](C2=O)[C@@H]2C=C[C@@H]3C2)cc1C. The van der Waals surface area contributed by atoms with Gasteiger partial charge in [0.1, 0.15) is 0 Å². The van der Waals surface area contributed by atoms with Crippen molar-refractivity contribution in [1.82, 2.24) is 0 Å². The van der Waals surface area contributed by atoms with E-state index in [1.165, 1.54) is 11.8 Å². The van der Waals surface area contributed by atoms with Crippen molar-refractivity contribution >= 4 is 29.1 Å². The Morgan fingerprint density at radius 1 is 1.13 bits per heavy atom. The molecular formula is C18H18N2O3. The highest BCUT2D eigenvalue weighted by atomic mass is 16.2. The average Bonchev–Trinajstić information content (AvgIpc) is 3.15. The van der Waals surface area contributed by atoms with E-state index >= 15 is 0 Å². The van der Waals surface area contributed by atoms with Gasteiger partial charge in [-0.15, -0.1) is 0 Å². The number of fused-ring (bicyclic) bond motifs is 5. The van der Waals surface area contributed by atoms with Gasteiger partial charge in [0.05, 0.1) is 17.5 Å². The molecule has 3 aliphatic rings. The van der Waals surface area contributed by atoms with Crippen molar-refractivity contribution in [2.75, 3.05) is 10.2 Å². The second-order valence-electron chi connectivity index (χ2n) is 6.69. The first-order chi connectivity index (χ1) is 11.0. The number of nitrogens with one attached hydrogen (secondary N) is 1. The molecule has 1 saturated heterocycles. The maximum Gasteiger partial charge on any atom is 0.238 e. The molecule has 1 heterocycles. The molecule has 0 spiro atoms. The predicted octanol–water partition coefficient (Wildman–Crippen LogP) is 2.26. The fourth-order valence-corrected chi connectivity index (χ4v) is 4.27. The molecule has 4 rings (SSSR count). The van der Waals surface area contributed by atoms with E-state index in [9.17, 15) is 14.4 Å². The second-order valence-corrected chi connectivity index (χ2v) is 6.69. The molecule has 1 aromatic carbocycles. The predicted molar refractivity (Wildman–Crippen MR) is 85.7 cm³/mol. The average molecular weight is 310 g/mol. The topological polar surface area (TPSA) is 66.5 Å². The van der Waals surface area contributed by atoms with Crippen LogP contribution < -0.4 is 10.2 Å². The number of rotatable bonds is 2. The van der Waals surface area contributed by atoms with E-state index in [4.69, 9.17) is 0 Å². The summed E-state index contributed by atoms with van der Waals surface area (Å²) in [6.45, 7) is 3.30. The van der Waals surface area contributed by atoms with Crippen LogP contribution in [0.2, 0.25) is 0 Å². The van der Waals surface area contributed by atoms with Crippen LogP contribution in [0.3, 0.4) is 0 Å². The first kappa shape index (κ1) is 14.2. The Morgan fingerprint density at radius 3 is 2.26 bits per heavy atom. The monoisotopic (exact) mass is 310 g/mol. The van der Waals surface area contributed by atoms with E-state index in [1.54, 1.807) is 18.2 Å². The summed E-state index contributed by atoms with van der Waals surface area (Å²) in [7, 11) is 0. The molecule has 1 N–H and O–H groups in total. The summed E-state index contributed by atoms with van der Waals surface area (Å²) in [5, 5.41) is 2.74. The molecule has 0 aromatic heterocycles. The largest absolute Gasteiger partial charge is 0.326 e. The van der Waals surface area contributed by atoms with Crippen LogP contribution in [-0.4, -0.2) is 17.7 Å². The lowest BCUT2D eigenvalue weighted by Crippen LogP contribution is -2.32. The molecular weight excluding hydrogens is 292 g/mol. The molecule has 0 unspecified atom stereocenters. The molecule has 2 fully saturated rings. The van der Waals surface area contributed by atoms with Crippen LogP contribution in [0.5, 0.6) is 0 Å². The Morgan fingerprint density at radius 2 is 1.74 bits per heavy atom. The van der Waals surface area contributed by atoms with E-state index in [1.807, 2.05) is 6.92 Å². The number of carbonyl (C=O) groups is 3. The minimum atomic E-state index is -0.187. The van der Waals surface area contributed by atoms with Crippen molar-refractivity contribution in [2.45, 2.75) is 20.3 Å². The summed E-state index contributed by atoms with van der Waals surface area (Å²) in [5.41, 5.74) is 2.12. The third kappa shape index (κ3) is 1.96. The number of benzene rings is 1. The molecule has 118 valence electrons. The van der Waals surface area contributed by atoms with Crippen LogP contribution >= 0.6 is 0 Å². The van der Waals surface area contributed by atoms with Gasteiger partial charge in [-0.2, -0.15) is 0 Å². The molecule has 5 heteroatoms. The number of hydrogen-bond acceptors (Lipinski definition) is 3. The van der Waals surface area contributed by atoms with E-state index < -0.39 is 0 Å². The van der Waals surface area contributed by atoms with Gasteiger partial charge in [0.15, 0.2) is 0 Å². The summed E-state index contributed by atoms with van der Waals surface area (Å²) in [4.78, 5) is 38.1. The highest BCUT2D eigenvalue weighted by Crippen LogP contribution is 2.53. The number of anilines is 2. The first-order valence-electron chi connectivity index (χ1n) is 7.92. The van der Waals surface area contributed by atoms with Crippen LogP contribution in [0.4, 0.5) is 11.4 Å². The summed E-state index contributed by atoms with van der Waals surface area (Å²) in [6, 6.07) is 5.26. The Hall–Kier alpha value is -2.43. The molecule has 1 aromatic rings. The zero-order valence-corrected chi connectivity index (χ0v) is 13.1. The Labute approximate surface area is 134 Å². The van der Waals surface area contributed by atoms with Crippen molar-refractivity contribution in [3.8, 4) is 0 Å². The smallest absolute Gasteiger partial charge is 0.238 e. The number of allylic oxidation sites excluding steroid dienone is 2. The van der Waals surface area contributed by atoms with Crippen LogP contribution in [0.1, 0.15) is 18.9 Å². The van der Waals surface area contributed by atoms with Crippen LogP contribution in [-0.2, 0) is 14.4 Å². The number of hydrogen-bond donors (Lipinski definition) is 1. The zero-order valence-electron chi connectivity index (χ0n) is 13.1. The third-order valence-electron chi connectivity index (χ3n) is 5.25. The Bertz CT molecular complexity index is 738. The van der Waals surface area contributed by atoms with E-state index in [0.29, 0.717) is 11.4 Å². The molecule has 0 radical (unpaired) electrons. The number of carbonyl (C=O) groups excluding carboxylic acids is 3. The minimum Gasteiger partial charge on any atom is -0.326 e. The van der Waals surface area contributed by atoms with Gasteiger partial charge in [0, 0.05) is 12.6 Å². The van der Waals surface area contributed by atoms with E-state index in [2.05, 4.69) is 17.5 Å². The molecule has 23 heavy (non-hydrogen) atoms.